The van der Waals surface area contributed by atoms with Gasteiger partial charge in [-0.15, -0.1) is 0 Å². The van der Waals surface area contributed by atoms with Gasteiger partial charge in [0.15, 0.2) is 0 Å². The SMILES string of the molecule is C=C(C)C(=O)OCCN(CC)C(=O)C=O. The van der Waals surface area contributed by atoms with E-state index in [4.69, 9.17) is 4.74 Å². The maximum Gasteiger partial charge on any atom is 0.333 e. The Balaban J connectivity index is 3.92. The summed E-state index contributed by atoms with van der Waals surface area (Å²) in [6.45, 7) is 7.38. The van der Waals surface area contributed by atoms with Crippen LogP contribution in [0.25, 0.3) is 0 Å². The molecule has 1 amide bonds. The molecule has 0 unspecified atom stereocenters. The van der Waals surface area contributed by atoms with Crippen LogP contribution in [0.15, 0.2) is 12.2 Å². The number of aldehydes is 1. The van der Waals surface area contributed by atoms with Gasteiger partial charge in [-0.1, -0.05) is 6.58 Å². The molecule has 0 saturated carbocycles. The van der Waals surface area contributed by atoms with Gasteiger partial charge in [0.2, 0.25) is 6.29 Å². The molecule has 0 radical (unpaired) electrons. The summed E-state index contributed by atoms with van der Waals surface area (Å²) < 4.78 is 4.78. The summed E-state index contributed by atoms with van der Waals surface area (Å²) in [4.78, 5) is 33.4. The van der Waals surface area contributed by atoms with Crippen LogP contribution in [0, 0.1) is 0 Å². The van der Waals surface area contributed by atoms with Crippen LogP contribution in [0.5, 0.6) is 0 Å². The number of carbonyl (C=O) groups is 3. The minimum absolute atomic E-state index is 0.0686. The highest BCUT2D eigenvalue weighted by molar-refractivity contribution is 6.23. The van der Waals surface area contributed by atoms with Gasteiger partial charge in [-0.2, -0.15) is 0 Å². The summed E-state index contributed by atoms with van der Waals surface area (Å²) in [6, 6.07) is 0. The molecule has 0 heterocycles. The lowest BCUT2D eigenvalue weighted by Gasteiger charge is -2.17. The van der Waals surface area contributed by atoms with Gasteiger partial charge in [0.25, 0.3) is 5.91 Å². The van der Waals surface area contributed by atoms with E-state index in [1.54, 1.807) is 6.92 Å². The van der Waals surface area contributed by atoms with Crippen molar-refractivity contribution in [2.24, 2.45) is 0 Å². The second-order valence-corrected chi connectivity index (χ2v) is 2.95. The second kappa shape index (κ2) is 6.75. The largest absolute Gasteiger partial charge is 0.460 e. The summed E-state index contributed by atoms with van der Waals surface area (Å²) in [5, 5.41) is 0. The topological polar surface area (TPSA) is 63.7 Å². The number of nitrogens with zero attached hydrogens (tertiary/aromatic N) is 1. The monoisotopic (exact) mass is 213 g/mol. The van der Waals surface area contributed by atoms with Gasteiger partial charge in [-0.25, -0.2) is 4.79 Å². The zero-order chi connectivity index (χ0) is 11.8. The number of hydrogen-bond donors (Lipinski definition) is 0. The molecule has 0 aromatic carbocycles. The third kappa shape index (κ3) is 4.95. The Morgan fingerprint density at radius 2 is 2.07 bits per heavy atom. The highest BCUT2D eigenvalue weighted by Gasteiger charge is 2.10. The Morgan fingerprint density at radius 1 is 1.47 bits per heavy atom. The Morgan fingerprint density at radius 3 is 2.47 bits per heavy atom. The van der Waals surface area contributed by atoms with E-state index in [1.807, 2.05) is 0 Å². The fourth-order valence-electron chi connectivity index (χ4n) is 0.870. The number of ether oxygens (including phenoxy) is 1. The van der Waals surface area contributed by atoms with Crippen molar-refractivity contribution in [1.82, 2.24) is 4.90 Å². The zero-order valence-corrected chi connectivity index (χ0v) is 8.99. The number of amides is 1. The van der Waals surface area contributed by atoms with Crippen molar-refractivity contribution in [3.63, 3.8) is 0 Å². The number of likely N-dealkylation sites (N-methyl/N-ethyl adjacent to an activating group) is 1. The molecule has 0 N–H and O–H groups in total. The molecule has 0 saturated heterocycles. The number of carbonyl (C=O) groups excluding carboxylic acids is 3. The first kappa shape index (κ1) is 13.4. The fraction of sp³-hybridized carbons (Fsp3) is 0.500. The van der Waals surface area contributed by atoms with Gasteiger partial charge in [0.05, 0.1) is 6.54 Å². The summed E-state index contributed by atoms with van der Waals surface area (Å²) in [6.07, 6.45) is 0.240. The van der Waals surface area contributed by atoms with E-state index in [1.165, 1.54) is 11.8 Å². The predicted octanol–water partition coefficient (Wildman–Crippen LogP) is 0.153. The molecule has 0 atom stereocenters. The van der Waals surface area contributed by atoms with Crippen LogP contribution in [0.2, 0.25) is 0 Å². The first-order valence-electron chi connectivity index (χ1n) is 4.59. The van der Waals surface area contributed by atoms with Crippen molar-refractivity contribution < 1.29 is 19.1 Å². The average molecular weight is 213 g/mol. The summed E-state index contributed by atoms with van der Waals surface area (Å²) >= 11 is 0. The molecule has 0 bridgehead atoms. The Labute approximate surface area is 88.7 Å². The number of rotatable bonds is 6. The van der Waals surface area contributed by atoms with Crippen molar-refractivity contribution in [3.05, 3.63) is 12.2 Å². The summed E-state index contributed by atoms with van der Waals surface area (Å²) in [7, 11) is 0. The summed E-state index contributed by atoms with van der Waals surface area (Å²) in [5.74, 6) is -1.10. The lowest BCUT2D eigenvalue weighted by Crippen LogP contribution is -2.34. The number of hydrogen-bond acceptors (Lipinski definition) is 4. The smallest absolute Gasteiger partial charge is 0.333 e. The van der Waals surface area contributed by atoms with Gasteiger partial charge in [0, 0.05) is 12.1 Å². The molecule has 0 aromatic rings. The Bertz CT molecular complexity index is 273. The molecule has 0 aliphatic carbocycles. The molecular weight excluding hydrogens is 198 g/mol. The summed E-state index contributed by atoms with van der Waals surface area (Å²) in [5.41, 5.74) is 0.305. The third-order valence-corrected chi connectivity index (χ3v) is 1.74. The van der Waals surface area contributed by atoms with E-state index in [2.05, 4.69) is 6.58 Å². The van der Waals surface area contributed by atoms with Crippen molar-refractivity contribution in [1.29, 1.82) is 0 Å². The van der Waals surface area contributed by atoms with Gasteiger partial charge in [-0.05, 0) is 13.8 Å². The molecule has 0 rings (SSSR count). The molecule has 0 fully saturated rings. The lowest BCUT2D eigenvalue weighted by molar-refractivity contribution is -0.143. The van der Waals surface area contributed by atoms with Crippen LogP contribution in [0.3, 0.4) is 0 Å². The van der Waals surface area contributed by atoms with Crippen LogP contribution < -0.4 is 0 Å². The minimum Gasteiger partial charge on any atom is -0.460 e. The molecule has 5 heteroatoms. The lowest BCUT2D eigenvalue weighted by atomic mass is 10.4. The van der Waals surface area contributed by atoms with E-state index in [-0.39, 0.29) is 19.4 Å². The number of esters is 1. The maximum absolute atomic E-state index is 11.0. The molecule has 84 valence electrons. The zero-order valence-electron chi connectivity index (χ0n) is 8.99. The van der Waals surface area contributed by atoms with Crippen LogP contribution in [-0.2, 0) is 19.1 Å². The maximum atomic E-state index is 11.0. The highest BCUT2D eigenvalue weighted by atomic mass is 16.5. The fourth-order valence-corrected chi connectivity index (χ4v) is 0.870. The first-order valence-corrected chi connectivity index (χ1v) is 4.59. The van der Waals surface area contributed by atoms with E-state index < -0.39 is 11.9 Å². The third-order valence-electron chi connectivity index (χ3n) is 1.74. The van der Waals surface area contributed by atoms with Crippen LogP contribution in [0.4, 0.5) is 0 Å². The average Bonchev–Trinajstić information content (AvgIpc) is 2.22. The van der Waals surface area contributed by atoms with Crippen molar-refractivity contribution in [2.75, 3.05) is 19.7 Å². The second-order valence-electron chi connectivity index (χ2n) is 2.95. The molecule has 5 nitrogen and oxygen atoms in total. The molecule has 0 aliphatic rings. The van der Waals surface area contributed by atoms with Crippen LogP contribution in [0.1, 0.15) is 13.8 Å². The normalized spacial score (nSPS) is 9.20. The van der Waals surface area contributed by atoms with Crippen molar-refractivity contribution in [2.45, 2.75) is 13.8 Å². The van der Waals surface area contributed by atoms with Crippen molar-refractivity contribution in [3.8, 4) is 0 Å². The van der Waals surface area contributed by atoms with E-state index in [9.17, 15) is 14.4 Å². The molecular formula is C10H15NO4. The van der Waals surface area contributed by atoms with E-state index in [0.29, 0.717) is 12.1 Å². The van der Waals surface area contributed by atoms with Gasteiger partial charge in [-0.3, -0.25) is 9.59 Å². The van der Waals surface area contributed by atoms with Crippen LogP contribution in [-0.4, -0.2) is 42.8 Å². The molecule has 0 aromatic heterocycles. The Kier molecular flexibility index (Phi) is 6.01. The predicted molar refractivity (Wildman–Crippen MR) is 54.1 cm³/mol. The minimum atomic E-state index is -0.608. The van der Waals surface area contributed by atoms with Crippen molar-refractivity contribution >= 4 is 18.2 Å². The molecule has 0 aliphatic heterocycles. The van der Waals surface area contributed by atoms with E-state index in [0.717, 1.165) is 0 Å². The standard InChI is InChI=1S/C10H15NO4/c1-4-11(9(13)7-12)5-6-15-10(14)8(2)3/h7H,2,4-6H2,1,3H3. The van der Waals surface area contributed by atoms with E-state index >= 15 is 0 Å². The van der Waals surface area contributed by atoms with Gasteiger partial charge in [0.1, 0.15) is 6.61 Å². The van der Waals surface area contributed by atoms with Gasteiger partial charge >= 0.3 is 5.97 Å². The Hall–Kier alpha value is -1.65. The first-order chi connectivity index (χ1) is 7.02. The molecule has 15 heavy (non-hydrogen) atoms. The highest BCUT2D eigenvalue weighted by Crippen LogP contribution is 1.93. The molecule has 0 spiro atoms. The van der Waals surface area contributed by atoms with Gasteiger partial charge < -0.3 is 9.64 Å². The van der Waals surface area contributed by atoms with Crippen LogP contribution >= 0.6 is 0 Å². The quantitative estimate of drug-likeness (QED) is 0.273.